The fraction of sp³-hybridized carbons (Fsp3) is 0.545. The Morgan fingerprint density at radius 2 is 2.14 bits per heavy atom. The van der Waals surface area contributed by atoms with Gasteiger partial charge in [-0.25, -0.2) is 4.98 Å². The fourth-order valence-electron chi connectivity index (χ4n) is 1.23. The first-order valence-corrected chi connectivity index (χ1v) is 4.93. The molecule has 1 heterocycles. The van der Waals surface area contributed by atoms with E-state index in [1.165, 1.54) is 0 Å². The summed E-state index contributed by atoms with van der Waals surface area (Å²) in [6.07, 6.45) is 2.65. The lowest BCUT2D eigenvalue weighted by Crippen LogP contribution is -2.37. The van der Waals surface area contributed by atoms with E-state index in [0.717, 1.165) is 18.5 Å². The molecule has 0 aromatic carbocycles. The van der Waals surface area contributed by atoms with Gasteiger partial charge in [-0.15, -0.1) is 0 Å². The van der Waals surface area contributed by atoms with Gasteiger partial charge in [0.2, 0.25) is 0 Å². The second-order valence-electron chi connectivity index (χ2n) is 4.47. The summed E-state index contributed by atoms with van der Waals surface area (Å²) in [7, 11) is 0. The Bertz CT molecular complexity index is 289. The van der Waals surface area contributed by atoms with E-state index in [0.29, 0.717) is 5.82 Å². The van der Waals surface area contributed by atoms with E-state index >= 15 is 0 Å². The number of nitrogens with one attached hydrogen (secondary N) is 1. The summed E-state index contributed by atoms with van der Waals surface area (Å²) in [5, 5.41) is 3.41. The van der Waals surface area contributed by atoms with Crippen LogP contribution in [-0.4, -0.2) is 17.1 Å². The van der Waals surface area contributed by atoms with Crippen LogP contribution in [0.25, 0.3) is 0 Å². The molecule has 3 nitrogen and oxygen atoms in total. The van der Waals surface area contributed by atoms with Crippen LogP contribution in [0.3, 0.4) is 0 Å². The van der Waals surface area contributed by atoms with Crippen LogP contribution in [0.4, 0.5) is 5.82 Å². The zero-order valence-corrected chi connectivity index (χ0v) is 9.17. The number of nitrogens with two attached hydrogens (primary N) is 1. The maximum atomic E-state index is 5.73. The minimum absolute atomic E-state index is 0.164. The van der Waals surface area contributed by atoms with Crippen LogP contribution in [0.5, 0.6) is 0 Å². The second-order valence-corrected chi connectivity index (χ2v) is 4.47. The van der Waals surface area contributed by atoms with Crippen molar-refractivity contribution in [3.05, 3.63) is 23.9 Å². The Kier molecular flexibility index (Phi) is 3.47. The second kappa shape index (κ2) is 4.42. The van der Waals surface area contributed by atoms with E-state index in [2.05, 4.69) is 31.1 Å². The highest BCUT2D eigenvalue weighted by atomic mass is 14.9. The van der Waals surface area contributed by atoms with Crippen LogP contribution in [0.2, 0.25) is 0 Å². The van der Waals surface area contributed by atoms with Crippen molar-refractivity contribution in [2.75, 3.05) is 12.3 Å². The quantitative estimate of drug-likeness (QED) is 0.766. The molecule has 0 amide bonds. The third kappa shape index (κ3) is 3.75. The topological polar surface area (TPSA) is 50.9 Å². The molecule has 0 atom stereocenters. The molecule has 0 aliphatic heterocycles. The van der Waals surface area contributed by atoms with Crippen molar-refractivity contribution in [2.24, 2.45) is 0 Å². The van der Waals surface area contributed by atoms with E-state index in [1.54, 1.807) is 6.20 Å². The minimum atomic E-state index is 0.164. The Hall–Kier alpha value is -1.09. The number of pyridine rings is 1. The van der Waals surface area contributed by atoms with Gasteiger partial charge in [-0.2, -0.15) is 0 Å². The fourth-order valence-corrected chi connectivity index (χ4v) is 1.23. The van der Waals surface area contributed by atoms with Gasteiger partial charge in [0.25, 0.3) is 0 Å². The van der Waals surface area contributed by atoms with Gasteiger partial charge in [0.05, 0.1) is 0 Å². The molecule has 1 aromatic heterocycles. The Morgan fingerprint density at radius 3 is 2.71 bits per heavy atom. The first kappa shape index (κ1) is 11.0. The van der Waals surface area contributed by atoms with Gasteiger partial charge >= 0.3 is 0 Å². The van der Waals surface area contributed by atoms with Crippen molar-refractivity contribution in [3.63, 3.8) is 0 Å². The number of rotatable bonds is 3. The third-order valence-corrected chi connectivity index (χ3v) is 1.98. The molecular formula is C11H19N3. The highest BCUT2D eigenvalue weighted by molar-refractivity contribution is 5.38. The number of nitrogens with zero attached hydrogens (tertiary/aromatic N) is 1. The Balaban J connectivity index is 2.43. The molecule has 1 rings (SSSR count). The Labute approximate surface area is 85.7 Å². The normalized spacial score (nSPS) is 11.6. The number of nitrogen functional groups attached to an aromatic ring is 1. The molecule has 3 N–H and O–H groups in total. The van der Waals surface area contributed by atoms with Gasteiger partial charge in [-0.05, 0) is 45.4 Å². The summed E-state index contributed by atoms with van der Waals surface area (Å²) in [6, 6.07) is 3.94. The predicted octanol–water partition coefficient (Wildman–Crippen LogP) is 1.59. The number of anilines is 1. The predicted molar refractivity (Wildman–Crippen MR) is 60.1 cm³/mol. The van der Waals surface area contributed by atoms with Crippen LogP contribution in [0.1, 0.15) is 26.3 Å². The monoisotopic (exact) mass is 193 g/mol. The molecular weight excluding hydrogens is 174 g/mol. The SMILES string of the molecule is CC(C)(C)NCCc1cccnc1N. The first-order valence-electron chi connectivity index (χ1n) is 4.93. The highest BCUT2D eigenvalue weighted by Crippen LogP contribution is 2.07. The summed E-state index contributed by atoms with van der Waals surface area (Å²) in [5.41, 5.74) is 7.01. The number of hydrogen-bond donors (Lipinski definition) is 2. The molecule has 0 fully saturated rings. The van der Waals surface area contributed by atoms with Crippen LogP contribution in [0, 0.1) is 0 Å². The van der Waals surface area contributed by atoms with Crippen molar-refractivity contribution < 1.29 is 0 Å². The third-order valence-electron chi connectivity index (χ3n) is 1.98. The average molecular weight is 193 g/mol. The molecule has 0 spiro atoms. The van der Waals surface area contributed by atoms with Gasteiger partial charge in [0, 0.05) is 11.7 Å². The van der Waals surface area contributed by atoms with Crippen LogP contribution in [0.15, 0.2) is 18.3 Å². The van der Waals surface area contributed by atoms with Crippen LogP contribution in [-0.2, 0) is 6.42 Å². The van der Waals surface area contributed by atoms with E-state index in [1.807, 2.05) is 12.1 Å². The molecule has 14 heavy (non-hydrogen) atoms. The standard InChI is InChI=1S/C11H19N3/c1-11(2,3)14-8-6-9-5-4-7-13-10(9)12/h4-5,7,14H,6,8H2,1-3H3,(H2,12,13). The molecule has 0 saturated heterocycles. The molecule has 0 unspecified atom stereocenters. The van der Waals surface area contributed by atoms with Crippen LogP contribution < -0.4 is 11.1 Å². The molecule has 0 radical (unpaired) electrons. The molecule has 1 aromatic rings. The maximum Gasteiger partial charge on any atom is 0.126 e. The van der Waals surface area contributed by atoms with Gasteiger partial charge < -0.3 is 11.1 Å². The summed E-state index contributed by atoms with van der Waals surface area (Å²) >= 11 is 0. The van der Waals surface area contributed by atoms with Gasteiger partial charge in [-0.1, -0.05) is 6.07 Å². The molecule has 3 heteroatoms. The summed E-state index contributed by atoms with van der Waals surface area (Å²) < 4.78 is 0. The van der Waals surface area contributed by atoms with E-state index in [-0.39, 0.29) is 5.54 Å². The number of hydrogen-bond acceptors (Lipinski definition) is 3. The molecule has 0 aliphatic carbocycles. The maximum absolute atomic E-state index is 5.73. The van der Waals surface area contributed by atoms with Crippen molar-refractivity contribution in [2.45, 2.75) is 32.7 Å². The number of aromatic nitrogens is 1. The molecule has 0 bridgehead atoms. The van der Waals surface area contributed by atoms with Crippen molar-refractivity contribution in [3.8, 4) is 0 Å². The lowest BCUT2D eigenvalue weighted by molar-refractivity contribution is 0.429. The lowest BCUT2D eigenvalue weighted by atomic mass is 10.1. The van der Waals surface area contributed by atoms with E-state index < -0.39 is 0 Å². The molecule has 0 saturated carbocycles. The largest absolute Gasteiger partial charge is 0.383 e. The first-order chi connectivity index (χ1) is 6.49. The van der Waals surface area contributed by atoms with Crippen molar-refractivity contribution in [1.29, 1.82) is 0 Å². The average Bonchev–Trinajstić information content (AvgIpc) is 2.06. The molecule has 78 valence electrons. The van der Waals surface area contributed by atoms with E-state index in [9.17, 15) is 0 Å². The van der Waals surface area contributed by atoms with Gasteiger partial charge in [0.15, 0.2) is 0 Å². The van der Waals surface area contributed by atoms with Crippen molar-refractivity contribution in [1.82, 2.24) is 10.3 Å². The summed E-state index contributed by atoms with van der Waals surface area (Å²) in [4.78, 5) is 4.04. The lowest BCUT2D eigenvalue weighted by Gasteiger charge is -2.20. The minimum Gasteiger partial charge on any atom is -0.383 e. The van der Waals surface area contributed by atoms with Crippen LogP contribution >= 0.6 is 0 Å². The van der Waals surface area contributed by atoms with Crippen molar-refractivity contribution >= 4 is 5.82 Å². The smallest absolute Gasteiger partial charge is 0.126 e. The highest BCUT2D eigenvalue weighted by Gasteiger charge is 2.08. The van der Waals surface area contributed by atoms with Gasteiger partial charge in [0.1, 0.15) is 5.82 Å². The molecule has 0 aliphatic rings. The summed E-state index contributed by atoms with van der Waals surface area (Å²) in [6.45, 7) is 7.39. The zero-order chi connectivity index (χ0) is 10.6. The summed E-state index contributed by atoms with van der Waals surface area (Å²) in [5.74, 6) is 0.642. The zero-order valence-electron chi connectivity index (χ0n) is 9.17. The Morgan fingerprint density at radius 1 is 1.43 bits per heavy atom. The van der Waals surface area contributed by atoms with Gasteiger partial charge in [-0.3, -0.25) is 0 Å². The van der Waals surface area contributed by atoms with E-state index in [4.69, 9.17) is 5.73 Å².